The van der Waals surface area contributed by atoms with E-state index in [0.29, 0.717) is 5.69 Å². The van der Waals surface area contributed by atoms with Crippen LogP contribution >= 0.6 is 0 Å². The third-order valence-corrected chi connectivity index (χ3v) is 4.55. The van der Waals surface area contributed by atoms with E-state index in [4.69, 9.17) is 0 Å². The summed E-state index contributed by atoms with van der Waals surface area (Å²) < 4.78 is 3.52. The number of carbonyl (C=O) groups excluding carboxylic acids is 1. The highest BCUT2D eigenvalue weighted by Crippen LogP contribution is 2.24. The van der Waals surface area contributed by atoms with Gasteiger partial charge in [-0.3, -0.25) is 9.48 Å². The minimum atomic E-state index is -0.117. The highest BCUT2D eigenvalue weighted by Gasteiger charge is 2.24. The first-order valence-electron chi connectivity index (χ1n) is 8.29. The largest absolute Gasteiger partial charge is 0.355 e. The number of rotatable bonds is 3. The van der Waals surface area contributed by atoms with E-state index >= 15 is 0 Å². The van der Waals surface area contributed by atoms with Gasteiger partial charge < -0.3 is 14.8 Å². The Morgan fingerprint density at radius 3 is 2.72 bits per heavy atom. The van der Waals surface area contributed by atoms with Crippen molar-refractivity contribution in [1.29, 1.82) is 0 Å². The Labute approximate surface area is 144 Å². The van der Waals surface area contributed by atoms with E-state index in [2.05, 4.69) is 30.3 Å². The average molecular weight is 340 g/mol. The van der Waals surface area contributed by atoms with Crippen molar-refractivity contribution in [3.8, 4) is 0 Å². The molecule has 0 saturated carbocycles. The molecule has 1 saturated heterocycles. The van der Waals surface area contributed by atoms with Gasteiger partial charge in [0.2, 0.25) is 0 Å². The summed E-state index contributed by atoms with van der Waals surface area (Å²) >= 11 is 0. The van der Waals surface area contributed by atoms with E-state index in [0.717, 1.165) is 42.9 Å². The molecule has 3 aromatic rings. The molecule has 0 spiro atoms. The number of carbonyl (C=O) groups is 1. The lowest BCUT2D eigenvalue weighted by molar-refractivity contribution is 0.0925. The van der Waals surface area contributed by atoms with E-state index in [1.807, 2.05) is 11.6 Å². The highest BCUT2D eigenvalue weighted by molar-refractivity contribution is 5.92. The Hall–Kier alpha value is -2.97. The maximum absolute atomic E-state index is 12.2. The molecule has 9 nitrogen and oxygen atoms in total. The van der Waals surface area contributed by atoms with Gasteiger partial charge in [-0.15, -0.1) is 0 Å². The fourth-order valence-corrected chi connectivity index (χ4v) is 3.20. The predicted octanol–water partition coefficient (Wildman–Crippen LogP) is 0.496. The second kappa shape index (κ2) is 6.15. The Morgan fingerprint density at radius 2 is 2.00 bits per heavy atom. The summed E-state index contributed by atoms with van der Waals surface area (Å²) in [6.45, 7) is 1.63. The van der Waals surface area contributed by atoms with E-state index in [9.17, 15) is 4.79 Å². The van der Waals surface area contributed by atoms with E-state index < -0.39 is 0 Å². The SMILES string of the molecule is Cn1ccc(C(=O)NC2CCN(c3ncnc4c3ncn4C)CC2)n1. The number of nitrogens with zero attached hydrogens (tertiary/aromatic N) is 7. The molecule has 0 aliphatic carbocycles. The third kappa shape index (κ3) is 2.92. The zero-order valence-corrected chi connectivity index (χ0v) is 14.3. The van der Waals surface area contributed by atoms with Gasteiger partial charge in [0.15, 0.2) is 17.0 Å². The molecule has 1 aliphatic heterocycles. The maximum atomic E-state index is 12.2. The molecule has 0 radical (unpaired) electrons. The van der Waals surface area contributed by atoms with Crippen LogP contribution in [0, 0.1) is 0 Å². The molecule has 25 heavy (non-hydrogen) atoms. The fraction of sp³-hybridized carbons (Fsp3) is 0.438. The second-order valence-electron chi connectivity index (χ2n) is 6.33. The first kappa shape index (κ1) is 15.6. The lowest BCUT2D eigenvalue weighted by Gasteiger charge is -2.33. The fourth-order valence-electron chi connectivity index (χ4n) is 3.20. The molecule has 1 fully saturated rings. The van der Waals surface area contributed by atoms with Crippen LogP contribution in [0.5, 0.6) is 0 Å². The van der Waals surface area contributed by atoms with Crippen molar-refractivity contribution < 1.29 is 4.79 Å². The van der Waals surface area contributed by atoms with Crippen molar-refractivity contribution >= 4 is 22.9 Å². The number of hydrogen-bond donors (Lipinski definition) is 1. The van der Waals surface area contributed by atoms with Crippen molar-refractivity contribution in [1.82, 2.24) is 34.6 Å². The number of piperidine rings is 1. The molecule has 130 valence electrons. The zero-order chi connectivity index (χ0) is 17.4. The van der Waals surface area contributed by atoms with Crippen LogP contribution in [-0.4, -0.2) is 54.3 Å². The lowest BCUT2D eigenvalue weighted by Crippen LogP contribution is -2.45. The van der Waals surface area contributed by atoms with Crippen molar-refractivity contribution in [3.63, 3.8) is 0 Å². The smallest absolute Gasteiger partial charge is 0.271 e. The van der Waals surface area contributed by atoms with Gasteiger partial charge in [-0.2, -0.15) is 5.10 Å². The molecule has 0 unspecified atom stereocenters. The van der Waals surface area contributed by atoms with E-state index in [1.165, 1.54) is 0 Å². The van der Waals surface area contributed by atoms with Gasteiger partial charge in [-0.05, 0) is 18.9 Å². The lowest BCUT2D eigenvalue weighted by atomic mass is 10.0. The molecule has 1 aliphatic rings. The van der Waals surface area contributed by atoms with Crippen LogP contribution in [0.25, 0.3) is 11.2 Å². The van der Waals surface area contributed by atoms with Crippen LogP contribution in [0.15, 0.2) is 24.9 Å². The average Bonchev–Trinajstić information content (AvgIpc) is 3.22. The molecule has 4 heterocycles. The summed E-state index contributed by atoms with van der Waals surface area (Å²) in [6, 6.07) is 1.87. The van der Waals surface area contributed by atoms with Gasteiger partial charge in [-0.25, -0.2) is 15.0 Å². The van der Waals surface area contributed by atoms with Gasteiger partial charge in [-0.1, -0.05) is 0 Å². The van der Waals surface area contributed by atoms with Crippen LogP contribution in [0.4, 0.5) is 5.82 Å². The number of aromatic nitrogens is 6. The van der Waals surface area contributed by atoms with Crippen LogP contribution < -0.4 is 10.2 Å². The van der Waals surface area contributed by atoms with Crippen molar-refractivity contribution in [2.24, 2.45) is 14.1 Å². The molecule has 4 rings (SSSR count). The van der Waals surface area contributed by atoms with Gasteiger partial charge in [0, 0.05) is 39.4 Å². The number of aryl methyl sites for hydroxylation is 2. The normalized spacial score (nSPS) is 15.7. The predicted molar refractivity (Wildman–Crippen MR) is 92.2 cm³/mol. The number of nitrogens with one attached hydrogen (secondary N) is 1. The van der Waals surface area contributed by atoms with Crippen molar-refractivity contribution in [2.45, 2.75) is 18.9 Å². The monoisotopic (exact) mass is 340 g/mol. The van der Waals surface area contributed by atoms with E-state index in [1.54, 1.807) is 36.6 Å². The molecule has 0 bridgehead atoms. The summed E-state index contributed by atoms with van der Waals surface area (Å²) in [5, 5.41) is 7.21. The highest BCUT2D eigenvalue weighted by atomic mass is 16.2. The minimum Gasteiger partial charge on any atom is -0.355 e. The summed E-state index contributed by atoms with van der Waals surface area (Å²) in [7, 11) is 3.72. The van der Waals surface area contributed by atoms with Crippen LogP contribution in [0.3, 0.4) is 0 Å². The van der Waals surface area contributed by atoms with Crippen LogP contribution in [-0.2, 0) is 14.1 Å². The number of imidazole rings is 1. The second-order valence-corrected chi connectivity index (χ2v) is 6.33. The van der Waals surface area contributed by atoms with E-state index in [-0.39, 0.29) is 11.9 Å². The molecular formula is C16H20N8O. The van der Waals surface area contributed by atoms with Crippen molar-refractivity contribution in [3.05, 3.63) is 30.6 Å². The van der Waals surface area contributed by atoms with Crippen molar-refractivity contribution in [2.75, 3.05) is 18.0 Å². The molecule has 9 heteroatoms. The summed E-state index contributed by atoms with van der Waals surface area (Å²) in [5.41, 5.74) is 2.10. The Kier molecular flexibility index (Phi) is 3.83. The molecule has 1 N–H and O–H groups in total. The third-order valence-electron chi connectivity index (χ3n) is 4.55. The quantitative estimate of drug-likeness (QED) is 0.746. The topological polar surface area (TPSA) is 93.8 Å². The van der Waals surface area contributed by atoms with Crippen LogP contribution in [0.1, 0.15) is 23.3 Å². The van der Waals surface area contributed by atoms with Gasteiger partial charge in [0.25, 0.3) is 5.91 Å². The number of hydrogen-bond acceptors (Lipinski definition) is 6. The Balaban J connectivity index is 1.42. The molecular weight excluding hydrogens is 320 g/mol. The molecule has 3 aromatic heterocycles. The number of anilines is 1. The number of fused-ring (bicyclic) bond motifs is 1. The van der Waals surface area contributed by atoms with Gasteiger partial charge in [0.05, 0.1) is 6.33 Å². The first-order valence-corrected chi connectivity index (χ1v) is 8.29. The van der Waals surface area contributed by atoms with Gasteiger partial charge >= 0.3 is 0 Å². The Morgan fingerprint density at radius 1 is 1.20 bits per heavy atom. The van der Waals surface area contributed by atoms with Gasteiger partial charge in [0.1, 0.15) is 12.0 Å². The Bertz CT molecular complexity index is 906. The molecule has 0 aromatic carbocycles. The molecule has 1 amide bonds. The summed E-state index contributed by atoms with van der Waals surface area (Å²) in [6.07, 6.45) is 6.81. The first-order chi connectivity index (χ1) is 12.1. The number of amides is 1. The summed E-state index contributed by atoms with van der Waals surface area (Å²) in [4.78, 5) is 27.6. The standard InChI is InChI=1S/C16H20N8O/c1-22-10-19-13-14(22)17-9-18-15(13)24-7-3-11(4-8-24)20-16(25)12-5-6-23(2)21-12/h5-6,9-11H,3-4,7-8H2,1-2H3,(H,20,25). The zero-order valence-electron chi connectivity index (χ0n) is 14.3. The molecule has 0 atom stereocenters. The van der Waals surface area contributed by atoms with Crippen LogP contribution in [0.2, 0.25) is 0 Å². The maximum Gasteiger partial charge on any atom is 0.271 e. The minimum absolute atomic E-state index is 0.117. The summed E-state index contributed by atoms with van der Waals surface area (Å²) in [5.74, 6) is 0.744.